The number of nitro groups is 1. The lowest BCUT2D eigenvalue weighted by molar-refractivity contribution is -0.386. The summed E-state index contributed by atoms with van der Waals surface area (Å²) in [6.07, 6.45) is 1.39. The van der Waals surface area contributed by atoms with Crippen LogP contribution in [0.4, 0.5) is 5.69 Å². The summed E-state index contributed by atoms with van der Waals surface area (Å²) < 4.78 is 1.50. The summed E-state index contributed by atoms with van der Waals surface area (Å²) in [6, 6.07) is 9.97. The van der Waals surface area contributed by atoms with E-state index in [1.165, 1.54) is 10.6 Å². The highest BCUT2D eigenvalue weighted by Gasteiger charge is 2.37. The van der Waals surface area contributed by atoms with E-state index >= 15 is 0 Å². The number of likely N-dealkylation sites (tertiary alicyclic amines) is 1. The highest BCUT2D eigenvalue weighted by molar-refractivity contribution is 5.78. The Morgan fingerprint density at radius 2 is 1.97 bits per heavy atom. The van der Waals surface area contributed by atoms with Gasteiger partial charge in [-0.15, -0.1) is 0 Å². The van der Waals surface area contributed by atoms with Gasteiger partial charge in [0.25, 0.3) is 5.56 Å². The number of carbonyl (C=O) groups excluding carboxylic acids is 1. The molecule has 1 amide bonds. The van der Waals surface area contributed by atoms with Gasteiger partial charge in [-0.2, -0.15) is 0 Å². The average Bonchev–Trinajstić information content (AvgIpc) is 2.78. The fourth-order valence-corrected chi connectivity index (χ4v) is 4.91. The van der Waals surface area contributed by atoms with Gasteiger partial charge in [0.1, 0.15) is 5.82 Å². The Morgan fingerprint density at radius 1 is 1.16 bits per heavy atom. The van der Waals surface area contributed by atoms with E-state index in [4.69, 9.17) is 0 Å². The monoisotopic (exact) mass is 435 g/mol. The van der Waals surface area contributed by atoms with E-state index in [2.05, 4.69) is 9.97 Å². The molecule has 0 saturated carbocycles. The summed E-state index contributed by atoms with van der Waals surface area (Å²) in [7, 11) is 0. The molecule has 1 saturated heterocycles. The number of piperidine rings is 1. The van der Waals surface area contributed by atoms with Crippen LogP contribution in [0.15, 0.2) is 46.0 Å². The van der Waals surface area contributed by atoms with Crippen LogP contribution in [-0.2, 0) is 17.8 Å². The van der Waals surface area contributed by atoms with Crippen molar-refractivity contribution >= 4 is 22.5 Å². The molecule has 2 bridgehead atoms. The number of nitrogens with one attached hydrogen (secondary N) is 1. The van der Waals surface area contributed by atoms with Crippen molar-refractivity contribution in [3.8, 4) is 0 Å². The van der Waals surface area contributed by atoms with Gasteiger partial charge in [-0.1, -0.05) is 12.1 Å². The maximum absolute atomic E-state index is 12.9. The highest BCUT2D eigenvalue weighted by Crippen LogP contribution is 2.35. The number of H-pyrrole nitrogens is 1. The van der Waals surface area contributed by atoms with E-state index in [0.717, 1.165) is 12.1 Å². The molecule has 1 N–H and O–H groups in total. The van der Waals surface area contributed by atoms with Crippen LogP contribution in [0.5, 0.6) is 0 Å². The van der Waals surface area contributed by atoms with Gasteiger partial charge < -0.3 is 14.5 Å². The number of para-hydroxylation sites is 1. The Bertz CT molecular complexity index is 1360. The van der Waals surface area contributed by atoms with Gasteiger partial charge in [0.15, 0.2) is 0 Å². The quantitative estimate of drug-likeness (QED) is 0.489. The molecule has 1 fully saturated rings. The zero-order valence-electron chi connectivity index (χ0n) is 17.2. The minimum Gasteiger partial charge on any atom is -0.342 e. The first-order valence-electron chi connectivity index (χ1n) is 10.5. The van der Waals surface area contributed by atoms with Crippen molar-refractivity contribution in [3.05, 3.63) is 78.7 Å². The number of pyridine rings is 1. The molecule has 3 aromatic rings. The van der Waals surface area contributed by atoms with Crippen molar-refractivity contribution in [3.63, 3.8) is 0 Å². The van der Waals surface area contributed by atoms with E-state index in [1.54, 1.807) is 29.2 Å². The fourth-order valence-electron chi connectivity index (χ4n) is 4.91. The minimum absolute atomic E-state index is 0.0291. The maximum atomic E-state index is 12.9. The number of benzene rings is 1. The Labute approximate surface area is 181 Å². The Kier molecular flexibility index (Phi) is 4.84. The number of fused-ring (bicyclic) bond motifs is 5. The van der Waals surface area contributed by atoms with E-state index in [1.807, 2.05) is 6.07 Å². The van der Waals surface area contributed by atoms with Crippen LogP contribution in [-0.4, -0.2) is 43.4 Å². The lowest BCUT2D eigenvalue weighted by Gasteiger charge is -2.42. The molecule has 0 aliphatic carbocycles. The van der Waals surface area contributed by atoms with Crippen molar-refractivity contribution in [2.45, 2.75) is 31.7 Å². The van der Waals surface area contributed by atoms with Crippen LogP contribution in [0, 0.1) is 16.0 Å². The number of hydrogen-bond donors (Lipinski definition) is 1. The third-order valence-corrected chi connectivity index (χ3v) is 6.37. The van der Waals surface area contributed by atoms with Crippen molar-refractivity contribution in [1.82, 2.24) is 19.4 Å². The molecule has 2 unspecified atom stereocenters. The number of aryl methyl sites for hydroxylation is 1. The van der Waals surface area contributed by atoms with E-state index in [0.29, 0.717) is 42.8 Å². The van der Waals surface area contributed by atoms with Gasteiger partial charge in [-0.3, -0.25) is 24.5 Å². The standard InChI is InChI=1S/C22H21N5O5/c28-20(8-7-19-23-16-4-2-1-3-15(16)21(29)24-19)25-10-13-9-14(12-25)17-5-6-18(27(31)32)22(30)26(17)11-13/h1-6,13-14H,7-12H2,(H,23,24,29). The van der Waals surface area contributed by atoms with E-state index in [9.17, 15) is 24.5 Å². The zero-order valence-corrected chi connectivity index (χ0v) is 17.2. The van der Waals surface area contributed by atoms with Gasteiger partial charge in [0.05, 0.1) is 15.8 Å². The van der Waals surface area contributed by atoms with Crippen LogP contribution in [0.1, 0.15) is 30.3 Å². The lowest BCUT2D eigenvalue weighted by atomic mass is 9.83. The van der Waals surface area contributed by atoms with E-state index < -0.39 is 16.2 Å². The van der Waals surface area contributed by atoms with Crippen molar-refractivity contribution in [2.75, 3.05) is 13.1 Å². The summed E-state index contributed by atoms with van der Waals surface area (Å²) in [5, 5.41) is 11.6. The first kappa shape index (κ1) is 20.1. The molecule has 5 rings (SSSR count). The van der Waals surface area contributed by atoms with Crippen molar-refractivity contribution < 1.29 is 9.72 Å². The van der Waals surface area contributed by atoms with Crippen LogP contribution in [0.3, 0.4) is 0 Å². The van der Waals surface area contributed by atoms with Gasteiger partial charge in [-0.05, 0) is 30.5 Å². The molecule has 32 heavy (non-hydrogen) atoms. The topological polar surface area (TPSA) is 131 Å². The molecule has 0 radical (unpaired) electrons. The smallest absolute Gasteiger partial charge is 0.334 e. The minimum atomic E-state index is -0.652. The largest absolute Gasteiger partial charge is 0.342 e. The van der Waals surface area contributed by atoms with Gasteiger partial charge in [0, 0.05) is 50.2 Å². The number of aromatic nitrogens is 3. The van der Waals surface area contributed by atoms with Crippen LogP contribution >= 0.6 is 0 Å². The molecule has 4 heterocycles. The normalized spacial score (nSPS) is 19.6. The number of amides is 1. The van der Waals surface area contributed by atoms with Crippen molar-refractivity contribution in [2.24, 2.45) is 5.92 Å². The highest BCUT2D eigenvalue weighted by atomic mass is 16.6. The molecule has 164 valence electrons. The predicted molar refractivity (Wildman–Crippen MR) is 115 cm³/mol. The Balaban J connectivity index is 1.31. The fraction of sp³-hybridized carbons (Fsp3) is 0.364. The van der Waals surface area contributed by atoms with Crippen LogP contribution < -0.4 is 11.1 Å². The number of carbonyl (C=O) groups is 1. The SMILES string of the molecule is O=C(CCc1nc2ccccc2c(=O)[nH]1)N1CC2CC(C1)c1ccc([N+](=O)[O-])c(=O)n1C2. The summed E-state index contributed by atoms with van der Waals surface area (Å²) in [6.45, 7) is 1.34. The second-order valence-corrected chi connectivity index (χ2v) is 8.44. The molecular weight excluding hydrogens is 414 g/mol. The molecular formula is C22H21N5O5. The summed E-state index contributed by atoms with van der Waals surface area (Å²) >= 11 is 0. The third kappa shape index (κ3) is 3.47. The average molecular weight is 435 g/mol. The zero-order chi connectivity index (χ0) is 22.4. The van der Waals surface area contributed by atoms with E-state index in [-0.39, 0.29) is 29.7 Å². The third-order valence-electron chi connectivity index (χ3n) is 6.37. The molecule has 2 aliphatic heterocycles. The second-order valence-electron chi connectivity index (χ2n) is 8.44. The van der Waals surface area contributed by atoms with Gasteiger partial charge >= 0.3 is 11.2 Å². The Hall–Kier alpha value is -3.82. The first-order chi connectivity index (χ1) is 15.4. The molecule has 10 nitrogen and oxygen atoms in total. The Morgan fingerprint density at radius 3 is 2.78 bits per heavy atom. The number of hydrogen-bond acceptors (Lipinski definition) is 6. The lowest BCUT2D eigenvalue weighted by Crippen LogP contribution is -2.49. The molecule has 2 atom stereocenters. The predicted octanol–water partition coefficient (Wildman–Crippen LogP) is 1.57. The number of aromatic amines is 1. The first-order valence-corrected chi connectivity index (χ1v) is 10.5. The second kappa shape index (κ2) is 7.70. The number of nitrogens with zero attached hydrogens (tertiary/aromatic N) is 4. The van der Waals surface area contributed by atoms with Crippen molar-refractivity contribution in [1.29, 1.82) is 0 Å². The van der Waals surface area contributed by atoms with Gasteiger partial charge in [0.2, 0.25) is 5.91 Å². The summed E-state index contributed by atoms with van der Waals surface area (Å²) in [4.78, 5) is 57.1. The molecule has 10 heteroatoms. The maximum Gasteiger partial charge on any atom is 0.334 e. The number of rotatable bonds is 4. The summed E-state index contributed by atoms with van der Waals surface area (Å²) in [5.41, 5.74) is 0.130. The molecule has 2 aliphatic rings. The summed E-state index contributed by atoms with van der Waals surface area (Å²) in [5.74, 6) is 0.485. The molecule has 0 spiro atoms. The van der Waals surface area contributed by atoms with Gasteiger partial charge in [-0.25, -0.2) is 4.98 Å². The molecule has 2 aromatic heterocycles. The molecule has 1 aromatic carbocycles. The van der Waals surface area contributed by atoms with Crippen LogP contribution in [0.25, 0.3) is 10.9 Å². The van der Waals surface area contributed by atoms with Crippen LogP contribution in [0.2, 0.25) is 0 Å².